The Morgan fingerprint density at radius 1 is 0.603 bits per heavy atom. The van der Waals surface area contributed by atoms with E-state index in [4.69, 9.17) is 20.6 Å². The van der Waals surface area contributed by atoms with E-state index in [1.54, 1.807) is 58.6 Å². The van der Waals surface area contributed by atoms with Gasteiger partial charge in [0, 0.05) is 62.9 Å². The van der Waals surface area contributed by atoms with Gasteiger partial charge in [0.05, 0.1) is 5.56 Å². The van der Waals surface area contributed by atoms with Gasteiger partial charge in [-0.3, -0.25) is 9.59 Å². The van der Waals surface area contributed by atoms with Gasteiger partial charge in [-0.15, -0.1) is 11.0 Å². The highest BCUT2D eigenvalue weighted by atomic mass is 16.6. The summed E-state index contributed by atoms with van der Waals surface area (Å²) in [6, 6.07) is 35.0. The van der Waals surface area contributed by atoms with Gasteiger partial charge in [0.2, 0.25) is 0 Å². The molecule has 346 valence electrons. The summed E-state index contributed by atoms with van der Waals surface area (Å²) in [5.74, 6) is 2.11. The highest BCUT2D eigenvalue weighted by Crippen LogP contribution is 2.39. The number of ether oxygens (including phenoxy) is 3. The minimum atomic E-state index is -0.647. The van der Waals surface area contributed by atoms with E-state index >= 15 is 0 Å². The van der Waals surface area contributed by atoms with Crippen LogP contribution in [0, 0.1) is 12.3 Å². The molecule has 0 atom stereocenters. The van der Waals surface area contributed by atoms with Crippen LogP contribution in [-0.4, -0.2) is 88.4 Å². The average Bonchev–Trinajstić information content (AvgIpc) is 3.31. The number of carbonyl (C=O) groups is 4. The molecule has 0 aliphatic carbocycles. The molecule has 0 bridgehead atoms. The molecule has 8 rings (SSSR count). The molecule has 1 aliphatic rings. The second kappa shape index (κ2) is 18.5. The Bertz CT molecular complexity index is 3200. The van der Waals surface area contributed by atoms with E-state index in [0.717, 1.165) is 70.9 Å². The normalized spacial score (nSPS) is 12.4. The fourth-order valence-corrected chi connectivity index (χ4v) is 9.12. The van der Waals surface area contributed by atoms with Gasteiger partial charge in [0.1, 0.15) is 23.6 Å². The summed E-state index contributed by atoms with van der Waals surface area (Å²) in [7, 11) is 5.23. The molecule has 0 N–H and O–H groups in total. The molecule has 1 aliphatic heterocycles. The molecule has 0 radical (unpaired) electrons. The van der Waals surface area contributed by atoms with E-state index in [1.807, 2.05) is 121 Å². The highest BCUT2D eigenvalue weighted by molar-refractivity contribution is 6.13. The first-order valence-corrected chi connectivity index (χ1v) is 22.7. The molecule has 0 spiro atoms. The van der Waals surface area contributed by atoms with Crippen molar-refractivity contribution in [2.75, 3.05) is 27.7 Å². The van der Waals surface area contributed by atoms with Gasteiger partial charge in [0.15, 0.2) is 12.8 Å². The molecule has 1 heterocycles. The predicted molar refractivity (Wildman–Crippen MR) is 268 cm³/mol. The maximum absolute atomic E-state index is 14.5. The molecule has 0 saturated heterocycles. The summed E-state index contributed by atoms with van der Waals surface area (Å²) >= 11 is 0. The van der Waals surface area contributed by atoms with Gasteiger partial charge in [-0.1, -0.05) is 90.8 Å². The summed E-state index contributed by atoms with van der Waals surface area (Å²) in [6.07, 6.45) is 6.66. The molecule has 11 nitrogen and oxygen atoms in total. The molecule has 0 aromatic heterocycles. The molecule has 4 amide bonds. The fraction of sp³-hybridized carbons (Fsp3) is 0.281. The minimum Gasteiger partial charge on any atom is -0.480 e. The number of terminal acetylenes is 1. The third-order valence-electron chi connectivity index (χ3n) is 12.1. The van der Waals surface area contributed by atoms with Crippen molar-refractivity contribution in [3.63, 3.8) is 0 Å². The Balaban J connectivity index is 1.09. The van der Waals surface area contributed by atoms with E-state index in [1.165, 1.54) is 0 Å². The van der Waals surface area contributed by atoms with Gasteiger partial charge in [-0.05, 0) is 120 Å². The van der Waals surface area contributed by atoms with Gasteiger partial charge in [-0.2, -0.15) is 4.79 Å². The lowest BCUT2D eigenvalue weighted by atomic mass is 9.88. The van der Waals surface area contributed by atoms with Crippen LogP contribution in [0.3, 0.4) is 0 Å². The second-order valence-corrected chi connectivity index (χ2v) is 19.4. The largest absolute Gasteiger partial charge is 0.597 e. The first-order chi connectivity index (χ1) is 32.3. The van der Waals surface area contributed by atoms with Crippen LogP contribution in [0.25, 0.3) is 43.1 Å². The molecule has 11 heteroatoms. The van der Waals surface area contributed by atoms with Crippen LogP contribution in [-0.2, 0) is 35.7 Å². The smallest absolute Gasteiger partial charge is 0.480 e. The van der Waals surface area contributed by atoms with E-state index in [0.29, 0.717) is 18.7 Å². The molecule has 0 unspecified atom stereocenters. The molecule has 0 fully saturated rings. The summed E-state index contributed by atoms with van der Waals surface area (Å²) in [5, 5.41) is 7.82. The standard InChI is InChI=1S/C57H57N4O7/c1-11-29-66-50-30-36(52(62)58(8)33-48-42-24-16-17-25-43(42)49-35-61(55(65)68-57(5,6)7)31-37-19-18-26-44(48)51(37)49)27-28-45(50)53(63)59(9)32-46-38-20-12-14-22-40(38)47(41-23-15-13-21-39(41)46)34-60(10)54(64)67-56(2,3)4/h1,12-28,30-31H,29,32-35H2,2-10H3/q+1. The Hall–Kier alpha value is -7.71. The number of nitrogens with zero attached hydrogens (tertiary/aromatic N) is 4. The SMILES string of the molecule is C#CCOc1cc(C(=O)N(C)Cc2c3ccccc3c3c4c(cccc24)C=[N+](C(=O)OC(C)(C)C)C3)ccc1C(=O)N(C)Cc1c2ccccc2c(CN(C)C(=O)OC(C)(C)C)c2ccccc12. The maximum Gasteiger partial charge on any atom is 0.597 e. The number of hydrogen-bond donors (Lipinski definition) is 0. The third-order valence-corrected chi connectivity index (χ3v) is 12.1. The summed E-state index contributed by atoms with van der Waals surface area (Å²) < 4.78 is 19.1. The number of carbonyl (C=O) groups excluding carboxylic acids is 4. The molecule has 0 saturated carbocycles. The van der Waals surface area contributed by atoms with Crippen molar-refractivity contribution >= 4 is 73.3 Å². The van der Waals surface area contributed by atoms with Crippen LogP contribution in [0.5, 0.6) is 5.75 Å². The topological polar surface area (TPSA) is 109 Å². The first kappa shape index (κ1) is 46.8. The van der Waals surface area contributed by atoms with Crippen molar-refractivity contribution in [1.82, 2.24) is 14.7 Å². The second-order valence-electron chi connectivity index (χ2n) is 19.4. The Kier molecular flexibility index (Phi) is 12.7. The van der Waals surface area contributed by atoms with E-state index in [9.17, 15) is 19.2 Å². The lowest BCUT2D eigenvalue weighted by Crippen LogP contribution is -2.34. The zero-order valence-corrected chi connectivity index (χ0v) is 40.2. The van der Waals surface area contributed by atoms with E-state index in [2.05, 4.69) is 24.1 Å². The quantitative estimate of drug-likeness (QED) is 0.0764. The van der Waals surface area contributed by atoms with Crippen molar-refractivity contribution < 1.29 is 38.0 Å². The number of fused-ring (bicyclic) bond motifs is 4. The Morgan fingerprint density at radius 3 is 1.63 bits per heavy atom. The Morgan fingerprint density at radius 2 is 1.09 bits per heavy atom. The number of benzene rings is 7. The molecule has 7 aromatic carbocycles. The monoisotopic (exact) mass is 909 g/mol. The van der Waals surface area contributed by atoms with Crippen LogP contribution < -0.4 is 4.74 Å². The number of rotatable bonds is 10. The van der Waals surface area contributed by atoms with Crippen molar-refractivity contribution in [1.29, 1.82) is 0 Å². The van der Waals surface area contributed by atoms with Crippen LogP contribution in [0.15, 0.2) is 109 Å². The van der Waals surface area contributed by atoms with E-state index in [-0.39, 0.29) is 42.8 Å². The number of amides is 4. The van der Waals surface area contributed by atoms with Gasteiger partial charge < -0.3 is 28.9 Å². The molecular weight excluding hydrogens is 853 g/mol. The molecular formula is C57H57N4O7+. The molecule has 68 heavy (non-hydrogen) atoms. The van der Waals surface area contributed by atoms with Crippen molar-refractivity contribution in [2.24, 2.45) is 0 Å². The zero-order valence-electron chi connectivity index (χ0n) is 40.2. The minimum absolute atomic E-state index is 0.110. The number of hydrogen-bond acceptors (Lipinski definition) is 7. The maximum atomic E-state index is 14.5. The van der Waals surface area contributed by atoms with Crippen molar-refractivity contribution in [2.45, 2.75) is 78.9 Å². The Labute approximate surface area is 397 Å². The highest BCUT2D eigenvalue weighted by Gasteiger charge is 2.33. The van der Waals surface area contributed by atoms with Crippen LogP contribution in [0.4, 0.5) is 9.59 Å². The average molecular weight is 910 g/mol. The van der Waals surface area contributed by atoms with Crippen molar-refractivity contribution in [3.8, 4) is 18.1 Å². The summed E-state index contributed by atoms with van der Waals surface area (Å²) in [4.78, 5) is 60.2. The zero-order chi connectivity index (χ0) is 48.7. The van der Waals surface area contributed by atoms with Crippen LogP contribution >= 0.6 is 0 Å². The summed E-state index contributed by atoms with van der Waals surface area (Å²) in [6.45, 7) is 12.2. The van der Waals surface area contributed by atoms with Crippen LogP contribution in [0.2, 0.25) is 0 Å². The summed E-state index contributed by atoms with van der Waals surface area (Å²) in [5.41, 5.74) is 4.09. The van der Waals surface area contributed by atoms with Gasteiger partial charge in [-0.25, -0.2) is 4.79 Å². The first-order valence-electron chi connectivity index (χ1n) is 22.7. The lowest BCUT2D eigenvalue weighted by molar-refractivity contribution is -0.462. The van der Waals surface area contributed by atoms with Gasteiger partial charge >= 0.3 is 12.2 Å². The van der Waals surface area contributed by atoms with Crippen LogP contribution in [0.1, 0.15) is 90.1 Å². The van der Waals surface area contributed by atoms with Crippen molar-refractivity contribution in [3.05, 3.63) is 148 Å². The predicted octanol–water partition coefficient (Wildman–Crippen LogP) is 11.1. The lowest BCUT2D eigenvalue weighted by Gasteiger charge is -2.27. The van der Waals surface area contributed by atoms with Gasteiger partial charge in [0.25, 0.3) is 11.8 Å². The molecule has 7 aromatic rings. The fourth-order valence-electron chi connectivity index (χ4n) is 9.12. The third kappa shape index (κ3) is 9.45. The van der Waals surface area contributed by atoms with E-state index < -0.39 is 23.4 Å².